The molecule has 0 aliphatic carbocycles. The summed E-state index contributed by atoms with van der Waals surface area (Å²) >= 11 is 0. The predicted molar refractivity (Wildman–Crippen MR) is 79.1 cm³/mol. The zero-order chi connectivity index (χ0) is 15.2. The summed E-state index contributed by atoms with van der Waals surface area (Å²) in [6, 6.07) is 5.96. The highest BCUT2D eigenvalue weighted by Crippen LogP contribution is 2.12. The number of piperidine rings is 1. The van der Waals surface area contributed by atoms with Crippen LogP contribution in [0.15, 0.2) is 29.4 Å². The molecule has 0 atom stereocenters. The smallest absolute Gasteiger partial charge is 0.269 e. The average molecular weight is 290 g/mol. The molecule has 0 unspecified atom stereocenters. The Morgan fingerprint density at radius 1 is 1.33 bits per heavy atom. The molecule has 1 heterocycles. The van der Waals surface area contributed by atoms with Crippen LogP contribution in [0.3, 0.4) is 0 Å². The Kier molecular flexibility index (Phi) is 4.99. The van der Waals surface area contributed by atoms with Crippen LogP contribution in [0.5, 0.6) is 0 Å². The van der Waals surface area contributed by atoms with E-state index in [1.165, 1.54) is 12.1 Å². The molecule has 0 spiro atoms. The molecule has 1 N–H and O–H groups in total. The first-order valence-electron chi connectivity index (χ1n) is 6.81. The summed E-state index contributed by atoms with van der Waals surface area (Å²) in [6.45, 7) is 1.91. The van der Waals surface area contributed by atoms with Crippen LogP contribution in [0.25, 0.3) is 0 Å². The van der Waals surface area contributed by atoms with Gasteiger partial charge >= 0.3 is 0 Å². The Hall–Kier alpha value is -2.28. The molecule has 1 aliphatic rings. The number of nitro benzene ring substituents is 1. The molecule has 0 bridgehead atoms. The second-order valence-corrected chi connectivity index (χ2v) is 5.12. The van der Waals surface area contributed by atoms with Crippen molar-refractivity contribution in [2.24, 2.45) is 5.10 Å². The van der Waals surface area contributed by atoms with E-state index in [9.17, 15) is 14.9 Å². The molecule has 1 aliphatic heterocycles. The summed E-state index contributed by atoms with van der Waals surface area (Å²) in [5.74, 6) is -0.213. The van der Waals surface area contributed by atoms with Crippen molar-refractivity contribution in [2.45, 2.75) is 19.3 Å². The SMILES string of the molecule is CN1CCC(=NNC(=O)Cc2ccc([N+](=O)[O-])cc2)CC1. The normalized spacial score (nSPS) is 15.6. The van der Waals surface area contributed by atoms with Gasteiger partial charge in [-0.15, -0.1) is 0 Å². The van der Waals surface area contributed by atoms with Crippen molar-refractivity contribution in [3.63, 3.8) is 0 Å². The lowest BCUT2D eigenvalue weighted by Crippen LogP contribution is -2.32. The molecular weight excluding hydrogens is 272 g/mol. The van der Waals surface area contributed by atoms with Crippen LogP contribution >= 0.6 is 0 Å². The molecule has 7 nitrogen and oxygen atoms in total. The van der Waals surface area contributed by atoms with Crippen LogP contribution in [-0.4, -0.2) is 41.6 Å². The van der Waals surface area contributed by atoms with Gasteiger partial charge in [0.2, 0.25) is 5.91 Å². The van der Waals surface area contributed by atoms with E-state index in [0.29, 0.717) is 0 Å². The van der Waals surface area contributed by atoms with Crippen molar-refractivity contribution in [1.29, 1.82) is 0 Å². The number of nitrogens with one attached hydrogen (secondary N) is 1. The molecule has 2 rings (SSSR count). The lowest BCUT2D eigenvalue weighted by Gasteiger charge is -2.22. The van der Waals surface area contributed by atoms with Gasteiger partial charge in [0.05, 0.1) is 11.3 Å². The highest BCUT2D eigenvalue weighted by molar-refractivity contribution is 5.87. The quantitative estimate of drug-likeness (QED) is 0.669. The summed E-state index contributed by atoms with van der Waals surface area (Å²) in [5.41, 5.74) is 4.30. The number of benzene rings is 1. The minimum Gasteiger partial charge on any atom is -0.306 e. The first kappa shape index (κ1) is 15.1. The average Bonchev–Trinajstić information content (AvgIpc) is 2.47. The van der Waals surface area contributed by atoms with Crippen LogP contribution < -0.4 is 5.43 Å². The Bertz CT molecular complexity index is 544. The van der Waals surface area contributed by atoms with Gasteiger partial charge in [0.1, 0.15) is 0 Å². The monoisotopic (exact) mass is 290 g/mol. The van der Waals surface area contributed by atoms with Gasteiger partial charge in [-0.3, -0.25) is 14.9 Å². The summed E-state index contributed by atoms with van der Waals surface area (Å²) < 4.78 is 0. The molecule has 1 amide bonds. The maximum Gasteiger partial charge on any atom is 0.269 e. The zero-order valence-corrected chi connectivity index (χ0v) is 11.9. The largest absolute Gasteiger partial charge is 0.306 e. The number of rotatable bonds is 4. The van der Waals surface area contributed by atoms with Gasteiger partial charge in [-0.2, -0.15) is 5.10 Å². The standard InChI is InChI=1S/C14H18N4O3/c1-17-8-6-12(7-9-17)15-16-14(19)10-11-2-4-13(5-3-11)18(20)21/h2-5H,6-10H2,1H3,(H,16,19). The number of hydrogen-bond acceptors (Lipinski definition) is 5. The first-order valence-corrected chi connectivity index (χ1v) is 6.81. The summed E-state index contributed by atoms with van der Waals surface area (Å²) in [6.07, 6.45) is 1.90. The molecule has 1 saturated heterocycles. The third-order valence-corrected chi connectivity index (χ3v) is 3.41. The van der Waals surface area contributed by atoms with Gasteiger partial charge in [-0.25, -0.2) is 5.43 Å². The van der Waals surface area contributed by atoms with Crippen LogP contribution in [0.1, 0.15) is 18.4 Å². The van der Waals surface area contributed by atoms with E-state index in [1.807, 2.05) is 0 Å². The van der Waals surface area contributed by atoms with Crippen molar-refractivity contribution >= 4 is 17.3 Å². The van der Waals surface area contributed by atoms with Crippen LogP contribution in [0.4, 0.5) is 5.69 Å². The molecule has 1 aromatic carbocycles. The topological polar surface area (TPSA) is 87.8 Å². The number of carbonyl (C=O) groups excluding carboxylic acids is 1. The van der Waals surface area contributed by atoms with E-state index in [1.54, 1.807) is 12.1 Å². The number of nitro groups is 1. The third kappa shape index (κ3) is 4.64. The fraction of sp³-hybridized carbons (Fsp3) is 0.429. The molecule has 112 valence electrons. The Morgan fingerprint density at radius 2 is 1.95 bits per heavy atom. The summed E-state index contributed by atoms with van der Waals surface area (Å²) in [4.78, 5) is 24.1. The van der Waals surface area contributed by atoms with Gasteiger partial charge in [-0.05, 0) is 12.6 Å². The Balaban J connectivity index is 1.84. The van der Waals surface area contributed by atoms with E-state index in [-0.39, 0.29) is 18.0 Å². The summed E-state index contributed by atoms with van der Waals surface area (Å²) in [7, 11) is 2.06. The van der Waals surface area contributed by atoms with Crippen LogP contribution in [0, 0.1) is 10.1 Å². The number of hydrogen-bond donors (Lipinski definition) is 1. The lowest BCUT2D eigenvalue weighted by atomic mass is 10.1. The highest BCUT2D eigenvalue weighted by Gasteiger charge is 2.12. The minimum atomic E-state index is -0.462. The number of hydrazone groups is 1. The minimum absolute atomic E-state index is 0.0192. The molecule has 1 aromatic rings. The number of carbonyl (C=O) groups is 1. The van der Waals surface area contributed by atoms with Crippen LogP contribution in [0.2, 0.25) is 0 Å². The van der Waals surface area contributed by atoms with E-state index < -0.39 is 4.92 Å². The van der Waals surface area contributed by atoms with Crippen molar-refractivity contribution in [3.8, 4) is 0 Å². The fourth-order valence-corrected chi connectivity index (χ4v) is 2.09. The van der Waals surface area contributed by atoms with E-state index in [2.05, 4.69) is 22.5 Å². The van der Waals surface area contributed by atoms with Crippen molar-refractivity contribution in [2.75, 3.05) is 20.1 Å². The third-order valence-electron chi connectivity index (χ3n) is 3.41. The molecule has 1 fully saturated rings. The molecular formula is C14H18N4O3. The summed E-state index contributed by atoms with van der Waals surface area (Å²) in [5, 5.41) is 14.7. The van der Waals surface area contributed by atoms with Gasteiger partial charge in [0.25, 0.3) is 5.69 Å². The van der Waals surface area contributed by atoms with Gasteiger partial charge in [0.15, 0.2) is 0 Å². The molecule has 0 saturated carbocycles. The van der Waals surface area contributed by atoms with E-state index in [4.69, 9.17) is 0 Å². The van der Waals surface area contributed by atoms with Crippen LogP contribution in [-0.2, 0) is 11.2 Å². The van der Waals surface area contributed by atoms with E-state index >= 15 is 0 Å². The predicted octanol–water partition coefficient (Wildman–Crippen LogP) is 1.34. The number of non-ortho nitro benzene ring substituents is 1. The second-order valence-electron chi connectivity index (χ2n) is 5.12. The Morgan fingerprint density at radius 3 is 2.52 bits per heavy atom. The highest BCUT2D eigenvalue weighted by atomic mass is 16.6. The zero-order valence-electron chi connectivity index (χ0n) is 11.9. The van der Waals surface area contributed by atoms with Crippen molar-refractivity contribution in [1.82, 2.24) is 10.3 Å². The number of amides is 1. The first-order chi connectivity index (χ1) is 10.0. The van der Waals surface area contributed by atoms with Crippen molar-refractivity contribution in [3.05, 3.63) is 39.9 Å². The molecule has 0 radical (unpaired) electrons. The molecule has 0 aromatic heterocycles. The maximum absolute atomic E-state index is 11.8. The number of nitrogens with zero attached hydrogens (tertiary/aromatic N) is 3. The van der Waals surface area contributed by atoms with Gasteiger partial charge < -0.3 is 4.90 Å². The fourth-order valence-electron chi connectivity index (χ4n) is 2.09. The molecule has 7 heteroatoms. The lowest BCUT2D eigenvalue weighted by molar-refractivity contribution is -0.384. The van der Waals surface area contributed by atoms with E-state index in [0.717, 1.165) is 37.2 Å². The molecule has 21 heavy (non-hydrogen) atoms. The van der Waals surface area contributed by atoms with Crippen molar-refractivity contribution < 1.29 is 9.72 Å². The maximum atomic E-state index is 11.8. The van der Waals surface area contributed by atoms with Gasteiger partial charge in [-0.1, -0.05) is 12.1 Å². The Labute approximate surface area is 122 Å². The van der Waals surface area contributed by atoms with Gasteiger partial charge in [0, 0.05) is 43.8 Å². The second kappa shape index (κ2) is 6.94. The number of likely N-dealkylation sites (tertiary alicyclic amines) is 1.